The largest absolute Gasteiger partial charge is 0.308 e. The van der Waals surface area contributed by atoms with Gasteiger partial charge < -0.3 is 4.90 Å². The smallest absolute Gasteiger partial charge is 0.259 e. The second kappa shape index (κ2) is 5.48. The molecule has 0 fully saturated rings. The van der Waals surface area contributed by atoms with Crippen LogP contribution in [-0.2, 0) is 0 Å². The van der Waals surface area contributed by atoms with Crippen LogP contribution < -0.4 is 4.90 Å². The van der Waals surface area contributed by atoms with Gasteiger partial charge in [0.15, 0.2) is 5.78 Å². The van der Waals surface area contributed by atoms with Gasteiger partial charge in [0.25, 0.3) is 5.91 Å². The minimum absolute atomic E-state index is 0.100. The number of nitrogens with zero attached hydrogens (tertiary/aromatic N) is 2. The van der Waals surface area contributed by atoms with E-state index in [9.17, 15) is 9.59 Å². The summed E-state index contributed by atoms with van der Waals surface area (Å²) in [5.74, 6) is -0.00313. The zero-order valence-electron chi connectivity index (χ0n) is 11.9. The highest BCUT2D eigenvalue weighted by Gasteiger charge is 2.25. The number of carbonyl (C=O) groups is 2. The van der Waals surface area contributed by atoms with Gasteiger partial charge in [0.05, 0.1) is 11.3 Å². The molecule has 0 spiro atoms. The number of hydrogen-bond donors (Lipinski definition) is 0. The standard InChI is InChI=1S/C17H16N2O2/c1-12-9-13(11-18-10-12)17(21)19-8-4-7-16(20)14-5-2-3-6-15(14)19/h2-3,5-6,9-11H,4,7-8H2,1H3. The van der Waals surface area contributed by atoms with Gasteiger partial charge in [-0.25, -0.2) is 0 Å². The molecular weight excluding hydrogens is 264 g/mol. The van der Waals surface area contributed by atoms with Gasteiger partial charge in [0.2, 0.25) is 0 Å². The van der Waals surface area contributed by atoms with Gasteiger partial charge in [-0.1, -0.05) is 12.1 Å². The Hall–Kier alpha value is -2.49. The van der Waals surface area contributed by atoms with Crippen molar-refractivity contribution in [1.29, 1.82) is 0 Å². The van der Waals surface area contributed by atoms with Crippen LogP contribution in [0, 0.1) is 6.92 Å². The Labute approximate surface area is 123 Å². The number of ketones is 1. The highest BCUT2D eigenvalue weighted by Crippen LogP contribution is 2.27. The van der Waals surface area contributed by atoms with Gasteiger partial charge in [-0.05, 0) is 37.1 Å². The van der Waals surface area contributed by atoms with E-state index in [4.69, 9.17) is 0 Å². The van der Waals surface area contributed by atoms with Crippen LogP contribution >= 0.6 is 0 Å². The van der Waals surface area contributed by atoms with Gasteiger partial charge in [-0.15, -0.1) is 0 Å². The molecule has 1 aliphatic heterocycles. The monoisotopic (exact) mass is 280 g/mol. The maximum atomic E-state index is 12.7. The van der Waals surface area contributed by atoms with Gasteiger partial charge >= 0.3 is 0 Å². The first-order valence-corrected chi connectivity index (χ1v) is 7.02. The number of hydrogen-bond acceptors (Lipinski definition) is 3. The molecule has 2 heterocycles. The molecule has 1 amide bonds. The Bertz CT molecular complexity index is 709. The zero-order chi connectivity index (χ0) is 14.8. The van der Waals surface area contributed by atoms with Gasteiger partial charge in [0, 0.05) is 30.9 Å². The lowest BCUT2D eigenvalue weighted by atomic mass is 10.1. The number of amides is 1. The third-order valence-electron chi connectivity index (χ3n) is 3.65. The summed E-state index contributed by atoms with van der Waals surface area (Å²) in [5, 5.41) is 0. The van der Waals surface area contributed by atoms with E-state index in [1.165, 1.54) is 0 Å². The molecule has 0 atom stereocenters. The third-order valence-corrected chi connectivity index (χ3v) is 3.65. The molecule has 0 unspecified atom stereocenters. The van der Waals surface area contributed by atoms with Crippen LogP contribution in [-0.4, -0.2) is 23.2 Å². The molecule has 4 heteroatoms. The molecule has 4 nitrogen and oxygen atoms in total. The van der Waals surface area contributed by atoms with Crippen molar-refractivity contribution in [3.8, 4) is 0 Å². The number of aryl methyl sites for hydroxylation is 1. The molecule has 1 aliphatic rings. The molecule has 0 saturated carbocycles. The molecule has 21 heavy (non-hydrogen) atoms. The second-order valence-corrected chi connectivity index (χ2v) is 5.25. The number of fused-ring (bicyclic) bond motifs is 1. The summed E-state index contributed by atoms with van der Waals surface area (Å²) in [6.45, 7) is 2.46. The summed E-state index contributed by atoms with van der Waals surface area (Å²) < 4.78 is 0. The Morgan fingerprint density at radius 1 is 1.24 bits per heavy atom. The van der Waals surface area contributed by atoms with Crippen LogP contribution in [0.4, 0.5) is 5.69 Å². The summed E-state index contributed by atoms with van der Waals surface area (Å²) in [7, 11) is 0. The number of Topliss-reactive ketones (excluding diaryl/α,β-unsaturated/α-hetero) is 1. The molecular formula is C17H16N2O2. The number of para-hydroxylation sites is 1. The van der Waals surface area contributed by atoms with E-state index in [2.05, 4.69) is 4.98 Å². The van der Waals surface area contributed by atoms with E-state index < -0.39 is 0 Å². The van der Waals surface area contributed by atoms with Gasteiger partial charge in [-0.2, -0.15) is 0 Å². The lowest BCUT2D eigenvalue weighted by molar-refractivity contribution is 0.0973. The van der Waals surface area contributed by atoms with Crippen molar-refractivity contribution >= 4 is 17.4 Å². The maximum absolute atomic E-state index is 12.7. The SMILES string of the molecule is Cc1cncc(C(=O)N2CCCC(=O)c3ccccc32)c1. The first-order chi connectivity index (χ1) is 10.2. The zero-order valence-corrected chi connectivity index (χ0v) is 11.9. The molecule has 3 rings (SSSR count). The van der Waals surface area contributed by atoms with Crippen LogP contribution in [0.1, 0.15) is 39.1 Å². The average Bonchev–Trinajstić information content (AvgIpc) is 2.66. The second-order valence-electron chi connectivity index (χ2n) is 5.25. The Kier molecular flexibility index (Phi) is 3.52. The van der Waals surface area contributed by atoms with E-state index in [-0.39, 0.29) is 11.7 Å². The van der Waals surface area contributed by atoms with Gasteiger partial charge in [-0.3, -0.25) is 14.6 Å². The van der Waals surface area contributed by atoms with E-state index in [1.54, 1.807) is 23.4 Å². The number of aromatic nitrogens is 1. The molecule has 0 saturated heterocycles. The van der Waals surface area contributed by atoms with Crippen LogP contribution in [0.3, 0.4) is 0 Å². The molecule has 1 aromatic carbocycles. The van der Waals surface area contributed by atoms with E-state index in [0.29, 0.717) is 36.2 Å². The summed E-state index contributed by atoms with van der Waals surface area (Å²) >= 11 is 0. The van der Waals surface area contributed by atoms with Gasteiger partial charge in [0.1, 0.15) is 0 Å². The summed E-state index contributed by atoms with van der Waals surface area (Å²) in [6.07, 6.45) is 4.45. The Morgan fingerprint density at radius 3 is 2.86 bits per heavy atom. The normalized spacial score (nSPS) is 14.5. The molecule has 0 bridgehead atoms. The first-order valence-electron chi connectivity index (χ1n) is 7.02. The predicted molar refractivity (Wildman–Crippen MR) is 80.7 cm³/mol. The minimum atomic E-state index is -0.103. The number of carbonyl (C=O) groups excluding carboxylic acids is 2. The number of pyridine rings is 1. The van der Waals surface area contributed by atoms with Crippen molar-refractivity contribution < 1.29 is 9.59 Å². The fourth-order valence-corrected chi connectivity index (χ4v) is 2.64. The highest BCUT2D eigenvalue weighted by molar-refractivity contribution is 6.11. The molecule has 1 aromatic heterocycles. The molecule has 0 aliphatic carbocycles. The van der Waals surface area contributed by atoms with Crippen molar-refractivity contribution in [2.45, 2.75) is 19.8 Å². The van der Waals surface area contributed by atoms with Crippen LogP contribution in [0.5, 0.6) is 0 Å². The topological polar surface area (TPSA) is 50.3 Å². The van der Waals surface area contributed by atoms with Crippen molar-refractivity contribution in [3.63, 3.8) is 0 Å². The van der Waals surface area contributed by atoms with Crippen LogP contribution in [0.15, 0.2) is 42.7 Å². The summed E-state index contributed by atoms with van der Waals surface area (Å²) in [4.78, 5) is 30.6. The lowest BCUT2D eigenvalue weighted by Crippen LogP contribution is -2.31. The summed E-state index contributed by atoms with van der Waals surface area (Å²) in [6, 6.07) is 9.13. The minimum Gasteiger partial charge on any atom is -0.308 e. The fraction of sp³-hybridized carbons (Fsp3) is 0.235. The van der Waals surface area contributed by atoms with Crippen molar-refractivity contribution in [2.75, 3.05) is 11.4 Å². The van der Waals surface area contributed by atoms with Crippen LogP contribution in [0.25, 0.3) is 0 Å². The number of anilines is 1. The number of benzene rings is 1. The molecule has 106 valence electrons. The third kappa shape index (κ3) is 2.57. The predicted octanol–water partition coefficient (Wildman–Crippen LogP) is 3.01. The maximum Gasteiger partial charge on any atom is 0.259 e. The Balaban J connectivity index is 2.04. The molecule has 0 N–H and O–H groups in total. The molecule has 0 radical (unpaired) electrons. The quantitative estimate of drug-likeness (QED) is 0.806. The van der Waals surface area contributed by atoms with E-state index in [1.807, 2.05) is 31.2 Å². The average molecular weight is 280 g/mol. The van der Waals surface area contributed by atoms with Crippen molar-refractivity contribution in [1.82, 2.24) is 4.98 Å². The fourth-order valence-electron chi connectivity index (χ4n) is 2.64. The lowest BCUT2D eigenvalue weighted by Gasteiger charge is -2.22. The number of rotatable bonds is 1. The van der Waals surface area contributed by atoms with Crippen molar-refractivity contribution in [3.05, 3.63) is 59.4 Å². The Morgan fingerprint density at radius 2 is 2.05 bits per heavy atom. The van der Waals surface area contributed by atoms with Crippen LogP contribution in [0.2, 0.25) is 0 Å². The van der Waals surface area contributed by atoms with Crippen molar-refractivity contribution in [2.24, 2.45) is 0 Å². The first kappa shape index (κ1) is 13.5. The molecule has 2 aromatic rings. The van der Waals surface area contributed by atoms with E-state index >= 15 is 0 Å². The van der Waals surface area contributed by atoms with E-state index in [0.717, 1.165) is 5.56 Å². The highest BCUT2D eigenvalue weighted by atomic mass is 16.2. The summed E-state index contributed by atoms with van der Waals surface area (Å²) in [5.41, 5.74) is 2.83.